The third-order valence-electron chi connectivity index (χ3n) is 3.55. The van der Waals surface area contributed by atoms with E-state index in [1.807, 2.05) is 6.07 Å². The van der Waals surface area contributed by atoms with E-state index < -0.39 is 28.5 Å². The van der Waals surface area contributed by atoms with Crippen LogP contribution in [-0.4, -0.2) is 38.6 Å². The molecule has 0 saturated heterocycles. The smallest absolute Gasteiger partial charge is 0.456 e. The molecule has 154 valence electrons. The van der Waals surface area contributed by atoms with Gasteiger partial charge in [0.1, 0.15) is 5.76 Å². The van der Waals surface area contributed by atoms with Crippen molar-refractivity contribution in [3.05, 3.63) is 41.3 Å². The molecule has 1 aromatic carbocycles. The number of rotatable bonds is 7. The second-order valence-electron chi connectivity index (χ2n) is 5.67. The van der Waals surface area contributed by atoms with Crippen molar-refractivity contribution in [3.63, 3.8) is 0 Å². The first kappa shape index (κ1) is 23.6. The SMILES string of the molecule is CCS(=O)(=O)c1cc(C#N)ccc1/C(C)=N/C=C(\C)OCC(F)(F)C(F)(F)F. The Bertz CT molecular complexity index is 929. The minimum absolute atomic E-state index is 0.119. The van der Waals surface area contributed by atoms with Crippen LogP contribution in [0.25, 0.3) is 0 Å². The van der Waals surface area contributed by atoms with Crippen molar-refractivity contribution in [2.75, 3.05) is 12.4 Å². The molecule has 0 atom stereocenters. The van der Waals surface area contributed by atoms with Gasteiger partial charge in [-0.1, -0.05) is 13.0 Å². The van der Waals surface area contributed by atoms with Crippen molar-refractivity contribution < 1.29 is 35.1 Å². The zero-order valence-electron chi connectivity index (χ0n) is 15.1. The highest BCUT2D eigenvalue weighted by atomic mass is 32.2. The first-order valence-electron chi connectivity index (χ1n) is 7.81. The molecule has 0 bridgehead atoms. The van der Waals surface area contributed by atoms with Gasteiger partial charge in [0.15, 0.2) is 16.4 Å². The highest BCUT2D eigenvalue weighted by Gasteiger charge is 2.58. The van der Waals surface area contributed by atoms with Crippen molar-refractivity contribution in [2.45, 2.75) is 37.8 Å². The summed E-state index contributed by atoms with van der Waals surface area (Å²) < 4.78 is 90.9. The molecule has 0 radical (unpaired) electrons. The maximum Gasteiger partial charge on any atom is 0.456 e. The monoisotopic (exact) mass is 424 g/mol. The van der Waals surface area contributed by atoms with Crippen molar-refractivity contribution in [3.8, 4) is 6.07 Å². The summed E-state index contributed by atoms with van der Waals surface area (Å²) in [7, 11) is -3.70. The van der Waals surface area contributed by atoms with Crippen LogP contribution in [0.5, 0.6) is 0 Å². The number of hydrogen-bond donors (Lipinski definition) is 0. The van der Waals surface area contributed by atoms with E-state index in [2.05, 4.69) is 9.73 Å². The summed E-state index contributed by atoms with van der Waals surface area (Å²) in [6.07, 6.45) is -4.83. The Labute approximate surface area is 159 Å². The first-order valence-corrected chi connectivity index (χ1v) is 9.46. The van der Waals surface area contributed by atoms with E-state index in [9.17, 15) is 30.4 Å². The van der Waals surface area contributed by atoms with Crippen LogP contribution in [-0.2, 0) is 14.6 Å². The van der Waals surface area contributed by atoms with E-state index in [4.69, 9.17) is 5.26 Å². The molecule has 0 unspecified atom stereocenters. The van der Waals surface area contributed by atoms with Crippen molar-refractivity contribution >= 4 is 15.5 Å². The minimum Gasteiger partial charge on any atom is -0.490 e. The van der Waals surface area contributed by atoms with Gasteiger partial charge in [0.25, 0.3) is 0 Å². The van der Waals surface area contributed by atoms with Gasteiger partial charge >= 0.3 is 12.1 Å². The maximum absolute atomic E-state index is 12.8. The van der Waals surface area contributed by atoms with Crippen LogP contribution in [0.4, 0.5) is 22.0 Å². The number of nitrogens with zero attached hydrogens (tertiary/aromatic N) is 2. The standard InChI is InChI=1S/C17H17F5N2O3S/c1-4-28(25,26)15-7-13(8-23)5-6-14(15)12(3)24-9-11(2)27-10-16(18,19)17(20,21)22/h5-7,9H,4,10H2,1-3H3/b11-9+,24-12+. The predicted octanol–water partition coefficient (Wildman–Crippen LogP) is 4.24. The number of allylic oxidation sites excluding steroid dienone is 1. The lowest BCUT2D eigenvalue weighted by atomic mass is 10.1. The normalized spacial score (nSPS) is 14.0. The Balaban J connectivity index is 3.15. The molecular formula is C17H17F5N2O3S. The molecular weight excluding hydrogens is 407 g/mol. The molecule has 28 heavy (non-hydrogen) atoms. The third kappa shape index (κ3) is 5.76. The number of ether oxygens (including phenoxy) is 1. The summed E-state index contributed by atoms with van der Waals surface area (Å²) in [4.78, 5) is 3.74. The van der Waals surface area contributed by atoms with Crippen molar-refractivity contribution in [2.24, 2.45) is 4.99 Å². The lowest BCUT2D eigenvalue weighted by molar-refractivity contribution is -0.293. The Kier molecular flexibility index (Phi) is 7.31. The third-order valence-corrected chi connectivity index (χ3v) is 5.32. The Morgan fingerprint density at radius 3 is 2.36 bits per heavy atom. The summed E-state index contributed by atoms with van der Waals surface area (Å²) in [6.45, 7) is 2.07. The van der Waals surface area contributed by atoms with E-state index >= 15 is 0 Å². The van der Waals surface area contributed by atoms with Crippen LogP contribution >= 0.6 is 0 Å². The van der Waals surface area contributed by atoms with Gasteiger partial charge in [0.05, 0.1) is 28.5 Å². The Hall–Kier alpha value is -2.48. The summed E-state index contributed by atoms with van der Waals surface area (Å²) in [5, 5.41) is 8.95. The maximum atomic E-state index is 12.8. The van der Waals surface area contributed by atoms with Crippen molar-refractivity contribution in [1.29, 1.82) is 5.26 Å². The topological polar surface area (TPSA) is 79.5 Å². The highest BCUT2D eigenvalue weighted by molar-refractivity contribution is 7.91. The second kappa shape index (κ2) is 8.68. The fraction of sp³-hybridized carbons (Fsp3) is 0.412. The molecule has 0 spiro atoms. The molecule has 1 rings (SSSR count). The zero-order chi connectivity index (χ0) is 21.8. The molecule has 0 amide bonds. The largest absolute Gasteiger partial charge is 0.490 e. The molecule has 0 aliphatic carbocycles. The van der Waals surface area contributed by atoms with Crippen LogP contribution in [0.15, 0.2) is 40.0 Å². The molecule has 11 heteroatoms. The Morgan fingerprint density at radius 2 is 1.86 bits per heavy atom. The molecule has 0 aliphatic heterocycles. The molecule has 0 aliphatic rings. The first-order chi connectivity index (χ1) is 12.7. The van der Waals surface area contributed by atoms with E-state index in [1.165, 1.54) is 32.0 Å². The van der Waals surface area contributed by atoms with Gasteiger partial charge in [-0.05, 0) is 26.0 Å². The zero-order valence-corrected chi connectivity index (χ0v) is 16.0. The lowest BCUT2D eigenvalue weighted by Crippen LogP contribution is -2.40. The van der Waals surface area contributed by atoms with Gasteiger partial charge < -0.3 is 4.74 Å². The highest BCUT2D eigenvalue weighted by Crippen LogP contribution is 2.35. The van der Waals surface area contributed by atoms with E-state index in [1.54, 1.807) is 0 Å². The Morgan fingerprint density at radius 1 is 1.25 bits per heavy atom. The number of alkyl halides is 5. The van der Waals surface area contributed by atoms with E-state index in [0.717, 1.165) is 13.1 Å². The number of halogens is 5. The summed E-state index contributed by atoms with van der Waals surface area (Å²) in [6, 6.07) is 5.75. The predicted molar refractivity (Wildman–Crippen MR) is 91.8 cm³/mol. The molecule has 0 fully saturated rings. The lowest BCUT2D eigenvalue weighted by Gasteiger charge is -2.19. The fourth-order valence-electron chi connectivity index (χ4n) is 1.88. The second-order valence-corrected chi connectivity index (χ2v) is 7.92. The van der Waals surface area contributed by atoms with Crippen LogP contribution in [0.3, 0.4) is 0 Å². The van der Waals surface area contributed by atoms with Crippen LogP contribution in [0.1, 0.15) is 31.9 Å². The molecule has 0 aromatic heterocycles. The van der Waals surface area contributed by atoms with Gasteiger partial charge in [-0.3, -0.25) is 4.99 Å². The van der Waals surface area contributed by atoms with Gasteiger partial charge in [-0.2, -0.15) is 27.2 Å². The number of aliphatic imine (C=N–C) groups is 1. The molecule has 5 nitrogen and oxygen atoms in total. The van der Waals surface area contributed by atoms with E-state index in [-0.39, 0.29) is 33.2 Å². The average Bonchev–Trinajstić information content (AvgIpc) is 2.62. The van der Waals surface area contributed by atoms with Crippen molar-refractivity contribution in [1.82, 2.24) is 0 Å². The van der Waals surface area contributed by atoms with Crippen LogP contribution in [0.2, 0.25) is 0 Å². The number of nitriles is 1. The molecule has 1 aromatic rings. The summed E-state index contributed by atoms with van der Waals surface area (Å²) in [5.41, 5.74) is 0.431. The summed E-state index contributed by atoms with van der Waals surface area (Å²) in [5.74, 6) is -5.57. The van der Waals surface area contributed by atoms with E-state index in [0.29, 0.717) is 0 Å². The quantitative estimate of drug-likeness (QED) is 0.373. The van der Waals surface area contributed by atoms with Gasteiger partial charge in [0, 0.05) is 11.3 Å². The number of benzene rings is 1. The molecule has 0 heterocycles. The van der Waals surface area contributed by atoms with Crippen LogP contribution in [0, 0.1) is 11.3 Å². The average molecular weight is 424 g/mol. The fourth-order valence-corrected chi connectivity index (χ4v) is 3.05. The van der Waals surface area contributed by atoms with Crippen LogP contribution < -0.4 is 0 Å². The van der Waals surface area contributed by atoms with Gasteiger partial charge in [-0.25, -0.2) is 8.42 Å². The number of sulfone groups is 1. The molecule has 0 N–H and O–H groups in total. The van der Waals surface area contributed by atoms with Gasteiger partial charge in [-0.15, -0.1) is 0 Å². The summed E-state index contributed by atoms with van der Waals surface area (Å²) >= 11 is 0. The van der Waals surface area contributed by atoms with Gasteiger partial charge in [0.2, 0.25) is 0 Å². The number of hydrogen-bond acceptors (Lipinski definition) is 5. The minimum atomic E-state index is -5.74. The molecule has 0 saturated carbocycles.